The van der Waals surface area contributed by atoms with Gasteiger partial charge in [0.05, 0.1) is 41.7 Å². The van der Waals surface area contributed by atoms with Gasteiger partial charge in [-0.3, -0.25) is 4.68 Å². The Bertz CT molecular complexity index is 405. The number of halogens is 1. The molecule has 1 atom stereocenters. The molecule has 1 rings (SSSR count). The van der Waals surface area contributed by atoms with Crippen molar-refractivity contribution in [2.24, 2.45) is 5.73 Å². The monoisotopic (exact) mass is 303 g/mol. The Labute approximate surface area is 126 Å². The maximum absolute atomic E-state index is 6.49. The van der Waals surface area contributed by atoms with Gasteiger partial charge in [-0.2, -0.15) is 5.10 Å². The first-order valence-corrected chi connectivity index (χ1v) is 7.53. The van der Waals surface area contributed by atoms with Crippen LogP contribution in [-0.2, 0) is 16.0 Å². The Morgan fingerprint density at radius 1 is 1.40 bits per heavy atom. The van der Waals surface area contributed by atoms with E-state index in [9.17, 15) is 0 Å². The standard InChI is InChI=1S/C14H26ClN3O2/c1-5-14(6-2,20-7-3)13(16)12-11(15)10-17-18(12)8-9-19-4/h10,13H,5-9,16H2,1-4H3. The van der Waals surface area contributed by atoms with Crippen LogP contribution in [0.5, 0.6) is 0 Å². The third-order valence-corrected chi connectivity index (χ3v) is 4.12. The molecule has 0 aliphatic rings. The minimum Gasteiger partial charge on any atom is -0.383 e. The van der Waals surface area contributed by atoms with Gasteiger partial charge >= 0.3 is 0 Å². The van der Waals surface area contributed by atoms with E-state index in [0.717, 1.165) is 18.5 Å². The largest absolute Gasteiger partial charge is 0.383 e. The molecular weight excluding hydrogens is 278 g/mol. The number of methoxy groups -OCH3 is 1. The van der Waals surface area contributed by atoms with Crippen molar-refractivity contribution in [3.05, 3.63) is 16.9 Å². The van der Waals surface area contributed by atoms with E-state index in [2.05, 4.69) is 18.9 Å². The summed E-state index contributed by atoms with van der Waals surface area (Å²) < 4.78 is 12.9. The first-order valence-electron chi connectivity index (χ1n) is 7.15. The molecule has 1 unspecified atom stereocenters. The van der Waals surface area contributed by atoms with Crippen LogP contribution in [0.2, 0.25) is 5.02 Å². The van der Waals surface area contributed by atoms with Gasteiger partial charge in [-0.1, -0.05) is 25.4 Å². The summed E-state index contributed by atoms with van der Waals surface area (Å²) in [5.41, 5.74) is 6.89. The van der Waals surface area contributed by atoms with E-state index in [1.807, 2.05) is 11.6 Å². The van der Waals surface area contributed by atoms with Crippen molar-refractivity contribution in [2.45, 2.75) is 51.8 Å². The van der Waals surface area contributed by atoms with Crippen molar-refractivity contribution in [1.29, 1.82) is 0 Å². The number of aromatic nitrogens is 2. The van der Waals surface area contributed by atoms with Crippen molar-refractivity contribution < 1.29 is 9.47 Å². The van der Waals surface area contributed by atoms with E-state index in [-0.39, 0.29) is 6.04 Å². The third-order valence-electron chi connectivity index (χ3n) is 3.83. The maximum atomic E-state index is 6.49. The van der Waals surface area contributed by atoms with Crippen LogP contribution in [0.4, 0.5) is 0 Å². The Morgan fingerprint density at radius 3 is 2.55 bits per heavy atom. The zero-order valence-electron chi connectivity index (χ0n) is 12.9. The molecule has 20 heavy (non-hydrogen) atoms. The molecule has 0 aromatic carbocycles. The number of rotatable bonds is 9. The summed E-state index contributed by atoms with van der Waals surface area (Å²) in [5, 5.41) is 4.87. The lowest BCUT2D eigenvalue weighted by Gasteiger charge is -2.37. The van der Waals surface area contributed by atoms with E-state index in [1.165, 1.54) is 0 Å². The number of hydrogen-bond donors (Lipinski definition) is 1. The molecule has 2 N–H and O–H groups in total. The molecule has 5 nitrogen and oxygen atoms in total. The van der Waals surface area contributed by atoms with Crippen LogP contribution in [-0.4, -0.2) is 35.7 Å². The minimum absolute atomic E-state index is 0.315. The summed E-state index contributed by atoms with van der Waals surface area (Å²) in [7, 11) is 1.66. The SMILES string of the molecule is CCOC(CC)(CC)C(N)c1c(Cl)cnn1CCOC. The van der Waals surface area contributed by atoms with Crippen LogP contribution in [0.3, 0.4) is 0 Å². The highest BCUT2D eigenvalue weighted by Gasteiger charge is 2.38. The molecule has 0 bridgehead atoms. The molecule has 0 saturated heterocycles. The zero-order valence-corrected chi connectivity index (χ0v) is 13.6. The maximum Gasteiger partial charge on any atom is 0.0884 e. The number of nitrogens with two attached hydrogens (primary N) is 1. The van der Waals surface area contributed by atoms with Gasteiger partial charge in [0.25, 0.3) is 0 Å². The molecule has 1 heterocycles. The normalized spacial score (nSPS) is 13.7. The lowest BCUT2D eigenvalue weighted by Crippen LogP contribution is -2.44. The van der Waals surface area contributed by atoms with Crippen molar-refractivity contribution in [3.63, 3.8) is 0 Å². The Hall–Kier alpha value is -0.620. The fourth-order valence-corrected chi connectivity index (χ4v) is 2.82. The molecule has 0 aliphatic heterocycles. The van der Waals surface area contributed by atoms with E-state index >= 15 is 0 Å². The van der Waals surface area contributed by atoms with Gasteiger partial charge in [-0.15, -0.1) is 0 Å². The fourth-order valence-electron chi connectivity index (χ4n) is 2.56. The molecule has 1 aromatic rings. The molecule has 0 spiro atoms. The molecule has 0 radical (unpaired) electrons. The van der Waals surface area contributed by atoms with Gasteiger partial charge in [0.1, 0.15) is 0 Å². The van der Waals surface area contributed by atoms with E-state index < -0.39 is 5.60 Å². The lowest BCUT2D eigenvalue weighted by atomic mass is 9.86. The number of hydrogen-bond acceptors (Lipinski definition) is 4. The van der Waals surface area contributed by atoms with Crippen LogP contribution in [0, 0.1) is 0 Å². The van der Waals surface area contributed by atoms with Gasteiger partial charge in [0.15, 0.2) is 0 Å². The fraction of sp³-hybridized carbons (Fsp3) is 0.786. The second-order valence-electron chi connectivity index (χ2n) is 4.78. The molecule has 0 fully saturated rings. The zero-order chi connectivity index (χ0) is 15.2. The summed E-state index contributed by atoms with van der Waals surface area (Å²) in [6, 6.07) is -0.315. The number of nitrogens with zero attached hydrogens (tertiary/aromatic N) is 2. The molecule has 6 heteroatoms. The highest BCUT2D eigenvalue weighted by molar-refractivity contribution is 6.31. The second kappa shape index (κ2) is 7.98. The summed E-state index contributed by atoms with van der Waals surface area (Å²) in [6.07, 6.45) is 3.28. The number of ether oxygens (including phenoxy) is 2. The highest BCUT2D eigenvalue weighted by Crippen LogP contribution is 2.36. The molecular formula is C14H26ClN3O2. The van der Waals surface area contributed by atoms with E-state index in [4.69, 9.17) is 26.8 Å². The smallest absolute Gasteiger partial charge is 0.0884 e. The third kappa shape index (κ3) is 3.52. The van der Waals surface area contributed by atoms with Crippen molar-refractivity contribution >= 4 is 11.6 Å². The average Bonchev–Trinajstić information content (AvgIpc) is 2.82. The lowest BCUT2D eigenvalue weighted by molar-refractivity contribution is -0.0663. The predicted molar refractivity (Wildman–Crippen MR) is 81.0 cm³/mol. The summed E-state index contributed by atoms with van der Waals surface area (Å²) >= 11 is 6.28. The quantitative estimate of drug-likeness (QED) is 0.762. The summed E-state index contributed by atoms with van der Waals surface area (Å²) in [5.74, 6) is 0. The molecule has 0 aliphatic carbocycles. The van der Waals surface area contributed by atoms with Gasteiger partial charge < -0.3 is 15.2 Å². The summed E-state index contributed by atoms with van der Waals surface area (Å²) in [6.45, 7) is 7.97. The van der Waals surface area contributed by atoms with Gasteiger partial charge in [-0.25, -0.2) is 0 Å². The first-order chi connectivity index (χ1) is 9.56. The highest BCUT2D eigenvalue weighted by atomic mass is 35.5. The topological polar surface area (TPSA) is 62.3 Å². The van der Waals surface area contributed by atoms with Crippen LogP contribution < -0.4 is 5.73 Å². The second-order valence-corrected chi connectivity index (χ2v) is 5.18. The molecule has 116 valence electrons. The Kier molecular flexibility index (Phi) is 6.95. The van der Waals surface area contributed by atoms with Crippen molar-refractivity contribution in [1.82, 2.24) is 9.78 Å². The molecule has 0 saturated carbocycles. The van der Waals surface area contributed by atoms with Crippen LogP contribution in [0.25, 0.3) is 0 Å². The van der Waals surface area contributed by atoms with Gasteiger partial charge in [0, 0.05) is 13.7 Å². The van der Waals surface area contributed by atoms with Crippen molar-refractivity contribution in [3.8, 4) is 0 Å². The van der Waals surface area contributed by atoms with E-state index in [0.29, 0.717) is 24.8 Å². The first kappa shape index (κ1) is 17.4. The summed E-state index contributed by atoms with van der Waals surface area (Å²) in [4.78, 5) is 0. The van der Waals surface area contributed by atoms with Crippen LogP contribution in [0.15, 0.2) is 6.20 Å². The van der Waals surface area contributed by atoms with Crippen LogP contribution in [0.1, 0.15) is 45.3 Å². The minimum atomic E-state index is -0.413. The Morgan fingerprint density at radius 2 is 2.05 bits per heavy atom. The average molecular weight is 304 g/mol. The van der Waals surface area contributed by atoms with Crippen LogP contribution >= 0.6 is 11.6 Å². The Balaban J connectivity index is 3.10. The molecule has 1 aromatic heterocycles. The van der Waals surface area contributed by atoms with Gasteiger partial charge in [0.2, 0.25) is 0 Å². The van der Waals surface area contributed by atoms with E-state index in [1.54, 1.807) is 13.3 Å². The van der Waals surface area contributed by atoms with Crippen molar-refractivity contribution in [2.75, 3.05) is 20.3 Å². The van der Waals surface area contributed by atoms with Gasteiger partial charge in [-0.05, 0) is 19.8 Å². The molecule has 0 amide bonds. The predicted octanol–water partition coefficient (Wildman–Crippen LogP) is 2.78.